The van der Waals surface area contributed by atoms with Crippen molar-refractivity contribution in [2.24, 2.45) is 5.92 Å². The Kier molecular flexibility index (Phi) is 10.6. The molecule has 2 aromatic rings. The maximum Gasteiger partial charge on any atom is 0.343 e. The number of esters is 3. The number of hydrogen-bond donors (Lipinski definition) is 0. The van der Waals surface area contributed by atoms with Crippen LogP contribution >= 0.6 is 0 Å². The number of hydrogen-bond acceptors (Lipinski definition) is 7. The highest BCUT2D eigenvalue weighted by molar-refractivity contribution is 5.91. The largest absolute Gasteiger partial charge is 0.493 e. The highest BCUT2D eigenvalue weighted by atomic mass is 16.6. The van der Waals surface area contributed by atoms with Crippen LogP contribution in [0.1, 0.15) is 43.1 Å². The van der Waals surface area contributed by atoms with Gasteiger partial charge < -0.3 is 18.9 Å². The quantitative estimate of drug-likeness (QED) is 0.188. The Balaban J connectivity index is 1.79. The summed E-state index contributed by atoms with van der Waals surface area (Å²) in [4.78, 5) is 35.3. The molecule has 0 aliphatic carbocycles. The van der Waals surface area contributed by atoms with Crippen LogP contribution in [0, 0.1) is 5.92 Å². The van der Waals surface area contributed by atoms with Crippen LogP contribution in [0.15, 0.2) is 66.8 Å². The van der Waals surface area contributed by atoms with Gasteiger partial charge in [-0.15, -0.1) is 0 Å². The first-order chi connectivity index (χ1) is 16.3. The van der Waals surface area contributed by atoms with Gasteiger partial charge >= 0.3 is 17.9 Å². The predicted molar refractivity (Wildman–Crippen MR) is 129 cm³/mol. The third-order valence-corrected chi connectivity index (χ3v) is 4.73. The SMILES string of the molecule is C=C(C)C(=O)OCCOC(=O)/C=C/c1ccc(OC(=O)c2ccc(OC[C@@H](C)CC)cc2)cc1. The maximum atomic E-state index is 12.4. The summed E-state index contributed by atoms with van der Waals surface area (Å²) in [5.74, 6) is -0.0337. The maximum absolute atomic E-state index is 12.4. The molecule has 1 atom stereocenters. The van der Waals surface area contributed by atoms with Gasteiger partial charge in [-0.25, -0.2) is 14.4 Å². The van der Waals surface area contributed by atoms with E-state index >= 15 is 0 Å². The van der Waals surface area contributed by atoms with Crippen molar-refractivity contribution in [3.05, 3.63) is 77.9 Å². The zero-order valence-electron chi connectivity index (χ0n) is 19.7. The van der Waals surface area contributed by atoms with Crippen LogP contribution in [-0.2, 0) is 19.1 Å². The minimum atomic E-state index is -0.571. The van der Waals surface area contributed by atoms with Crippen molar-refractivity contribution in [2.45, 2.75) is 27.2 Å². The van der Waals surface area contributed by atoms with Gasteiger partial charge in [-0.05, 0) is 60.9 Å². The van der Waals surface area contributed by atoms with Gasteiger partial charge in [0, 0.05) is 11.6 Å². The molecule has 0 aliphatic rings. The van der Waals surface area contributed by atoms with Gasteiger partial charge in [-0.2, -0.15) is 0 Å². The molecule has 0 fully saturated rings. The molecule has 34 heavy (non-hydrogen) atoms. The lowest BCUT2D eigenvalue weighted by Gasteiger charge is -2.11. The van der Waals surface area contributed by atoms with Gasteiger partial charge in [-0.1, -0.05) is 39.0 Å². The van der Waals surface area contributed by atoms with E-state index in [4.69, 9.17) is 18.9 Å². The van der Waals surface area contributed by atoms with E-state index in [0.29, 0.717) is 35.2 Å². The first-order valence-corrected chi connectivity index (χ1v) is 11.0. The minimum absolute atomic E-state index is 0.0425. The lowest BCUT2D eigenvalue weighted by atomic mass is 10.1. The zero-order chi connectivity index (χ0) is 24.9. The first-order valence-electron chi connectivity index (χ1n) is 11.0. The molecule has 0 bridgehead atoms. The second kappa shape index (κ2) is 13.6. The van der Waals surface area contributed by atoms with Gasteiger partial charge in [0.25, 0.3) is 0 Å². The first kappa shape index (κ1) is 26.4. The molecule has 0 spiro atoms. The fraction of sp³-hybridized carbons (Fsp3) is 0.296. The summed E-state index contributed by atoms with van der Waals surface area (Å²) in [5.41, 5.74) is 1.41. The minimum Gasteiger partial charge on any atom is -0.493 e. The van der Waals surface area contributed by atoms with Gasteiger partial charge in [0.2, 0.25) is 0 Å². The second-order valence-corrected chi connectivity index (χ2v) is 7.72. The van der Waals surface area contributed by atoms with Crippen molar-refractivity contribution in [2.75, 3.05) is 19.8 Å². The average Bonchev–Trinajstić information content (AvgIpc) is 2.84. The zero-order valence-corrected chi connectivity index (χ0v) is 19.7. The van der Waals surface area contributed by atoms with Gasteiger partial charge in [0.1, 0.15) is 24.7 Å². The van der Waals surface area contributed by atoms with Crippen molar-refractivity contribution >= 4 is 24.0 Å². The topological polar surface area (TPSA) is 88.1 Å². The number of benzene rings is 2. The molecule has 0 unspecified atom stereocenters. The molecule has 0 aromatic heterocycles. The highest BCUT2D eigenvalue weighted by Crippen LogP contribution is 2.18. The molecule has 0 amide bonds. The van der Waals surface area contributed by atoms with E-state index in [1.54, 1.807) is 54.6 Å². The lowest BCUT2D eigenvalue weighted by molar-refractivity contribution is -0.146. The van der Waals surface area contributed by atoms with Crippen LogP contribution in [0.2, 0.25) is 0 Å². The molecule has 0 radical (unpaired) electrons. The Bertz CT molecular complexity index is 1000. The van der Waals surface area contributed by atoms with E-state index in [-0.39, 0.29) is 18.8 Å². The molecule has 0 saturated heterocycles. The Morgan fingerprint density at radius 3 is 2.18 bits per heavy atom. The highest BCUT2D eigenvalue weighted by Gasteiger charge is 2.09. The summed E-state index contributed by atoms with van der Waals surface area (Å²) in [6.45, 7) is 9.75. The fourth-order valence-electron chi connectivity index (χ4n) is 2.47. The van der Waals surface area contributed by atoms with Crippen molar-refractivity contribution in [3.63, 3.8) is 0 Å². The van der Waals surface area contributed by atoms with E-state index in [1.807, 2.05) is 0 Å². The smallest absolute Gasteiger partial charge is 0.343 e. The average molecular weight is 467 g/mol. The van der Waals surface area contributed by atoms with Gasteiger partial charge in [0.15, 0.2) is 0 Å². The predicted octanol–water partition coefficient (Wildman–Crippen LogP) is 5.01. The molecular formula is C27H30O7. The lowest BCUT2D eigenvalue weighted by Crippen LogP contribution is -2.12. The standard InChI is InChI=1S/C27H30O7/c1-5-20(4)18-33-23-13-9-22(10-14-23)27(30)34-24-11-6-21(7-12-24)8-15-25(28)31-16-17-32-26(29)19(2)3/h6-15,20H,2,5,16-18H2,1,3-4H3/b15-8+/t20-/m0/s1. The Morgan fingerprint density at radius 2 is 1.56 bits per heavy atom. The Morgan fingerprint density at radius 1 is 0.941 bits per heavy atom. The van der Waals surface area contributed by atoms with E-state index in [1.165, 1.54) is 13.0 Å². The van der Waals surface area contributed by atoms with Crippen molar-refractivity contribution in [1.82, 2.24) is 0 Å². The third-order valence-electron chi connectivity index (χ3n) is 4.73. The number of ether oxygens (including phenoxy) is 4. The molecule has 2 rings (SSSR count). The molecule has 0 heterocycles. The normalized spacial score (nSPS) is 11.5. The number of carbonyl (C=O) groups excluding carboxylic acids is 3. The van der Waals surface area contributed by atoms with Gasteiger partial charge in [0.05, 0.1) is 12.2 Å². The van der Waals surface area contributed by atoms with Crippen molar-refractivity contribution in [3.8, 4) is 11.5 Å². The monoisotopic (exact) mass is 466 g/mol. The molecule has 180 valence electrons. The number of rotatable bonds is 12. The molecular weight excluding hydrogens is 436 g/mol. The Hall–Kier alpha value is -3.87. The summed E-state index contributed by atoms with van der Waals surface area (Å²) in [7, 11) is 0. The molecule has 0 aliphatic heterocycles. The molecule has 0 N–H and O–H groups in total. The van der Waals surface area contributed by atoms with E-state index < -0.39 is 17.9 Å². The van der Waals surface area contributed by atoms with Crippen LogP contribution in [0.5, 0.6) is 11.5 Å². The van der Waals surface area contributed by atoms with Crippen LogP contribution in [0.4, 0.5) is 0 Å². The summed E-state index contributed by atoms with van der Waals surface area (Å²) in [6, 6.07) is 13.5. The van der Waals surface area contributed by atoms with E-state index in [9.17, 15) is 14.4 Å². The summed E-state index contributed by atoms with van der Waals surface area (Å²) >= 11 is 0. The van der Waals surface area contributed by atoms with Crippen molar-refractivity contribution in [1.29, 1.82) is 0 Å². The van der Waals surface area contributed by atoms with Crippen LogP contribution < -0.4 is 9.47 Å². The van der Waals surface area contributed by atoms with E-state index in [2.05, 4.69) is 20.4 Å². The number of carbonyl (C=O) groups is 3. The molecule has 0 saturated carbocycles. The second-order valence-electron chi connectivity index (χ2n) is 7.72. The molecule has 7 heteroatoms. The Labute approximate surface area is 200 Å². The summed E-state index contributed by atoms with van der Waals surface area (Å²) < 4.78 is 20.9. The molecule has 7 nitrogen and oxygen atoms in total. The fourth-order valence-corrected chi connectivity index (χ4v) is 2.47. The van der Waals surface area contributed by atoms with Crippen LogP contribution in [0.25, 0.3) is 6.08 Å². The van der Waals surface area contributed by atoms with Gasteiger partial charge in [-0.3, -0.25) is 0 Å². The molecule has 2 aromatic carbocycles. The third kappa shape index (κ3) is 9.32. The van der Waals surface area contributed by atoms with Crippen LogP contribution in [0.3, 0.4) is 0 Å². The summed E-state index contributed by atoms with van der Waals surface area (Å²) in [6.07, 6.45) is 3.86. The van der Waals surface area contributed by atoms with Crippen LogP contribution in [-0.4, -0.2) is 37.7 Å². The van der Waals surface area contributed by atoms with Crippen molar-refractivity contribution < 1.29 is 33.3 Å². The summed E-state index contributed by atoms with van der Waals surface area (Å²) in [5, 5.41) is 0. The van der Waals surface area contributed by atoms with E-state index in [0.717, 1.165) is 6.42 Å².